The van der Waals surface area contributed by atoms with E-state index in [4.69, 9.17) is 22.7 Å². The van der Waals surface area contributed by atoms with Gasteiger partial charge in [0.25, 0.3) is 0 Å². The van der Waals surface area contributed by atoms with Gasteiger partial charge in [-0.05, 0) is 31.2 Å². The molecule has 0 aromatic carbocycles. The van der Waals surface area contributed by atoms with E-state index in [1.807, 2.05) is 0 Å². The summed E-state index contributed by atoms with van der Waals surface area (Å²) >= 11 is 4.78. The van der Waals surface area contributed by atoms with E-state index in [1.165, 1.54) is 6.20 Å². The fraction of sp³-hybridized carbons (Fsp3) is 0.154. The first-order chi connectivity index (χ1) is 9.77. The zero-order chi connectivity index (χ0) is 15.6. The molecule has 110 valence electrons. The fourth-order valence-electron chi connectivity index (χ4n) is 1.49. The number of thiocarbonyl (C=S) groups is 1. The van der Waals surface area contributed by atoms with Gasteiger partial charge in [0.05, 0.1) is 11.8 Å². The van der Waals surface area contributed by atoms with Crippen molar-refractivity contribution in [1.29, 1.82) is 0 Å². The molecule has 2 heterocycles. The highest BCUT2D eigenvalue weighted by Gasteiger charge is 2.33. The van der Waals surface area contributed by atoms with E-state index < -0.39 is 11.9 Å². The highest BCUT2D eigenvalue weighted by atomic mass is 32.1. The van der Waals surface area contributed by atoms with E-state index in [2.05, 4.69) is 9.97 Å². The van der Waals surface area contributed by atoms with Gasteiger partial charge in [0.15, 0.2) is 0 Å². The summed E-state index contributed by atoms with van der Waals surface area (Å²) in [5, 5.41) is 0. The first-order valence-electron chi connectivity index (χ1n) is 5.76. The lowest BCUT2D eigenvalue weighted by Gasteiger charge is -2.12. The number of hydrogen-bond donors (Lipinski definition) is 1. The molecule has 0 unspecified atom stereocenters. The van der Waals surface area contributed by atoms with Gasteiger partial charge in [0, 0.05) is 5.69 Å². The summed E-state index contributed by atoms with van der Waals surface area (Å²) in [6.45, 7) is 1.77. The van der Waals surface area contributed by atoms with E-state index in [1.54, 1.807) is 19.1 Å². The number of rotatable bonds is 3. The Bertz CT molecular complexity index is 671. The molecule has 8 heteroatoms. The summed E-state index contributed by atoms with van der Waals surface area (Å²) in [5.41, 5.74) is 5.25. The van der Waals surface area contributed by atoms with E-state index in [9.17, 15) is 13.2 Å². The Morgan fingerprint density at radius 3 is 2.48 bits per heavy atom. The molecule has 2 aromatic heterocycles. The molecule has 0 bridgehead atoms. The zero-order valence-corrected chi connectivity index (χ0v) is 11.6. The molecule has 2 aromatic rings. The van der Waals surface area contributed by atoms with Crippen molar-refractivity contribution in [1.82, 2.24) is 9.97 Å². The van der Waals surface area contributed by atoms with Crippen LogP contribution in [-0.4, -0.2) is 15.0 Å². The smallest absolute Gasteiger partial charge is 0.433 e. The molecule has 0 saturated carbocycles. The summed E-state index contributed by atoms with van der Waals surface area (Å²) in [5.74, 6) is -0.0621. The Kier molecular flexibility index (Phi) is 4.08. The van der Waals surface area contributed by atoms with Gasteiger partial charge in [-0.15, -0.1) is 0 Å². The predicted octanol–water partition coefficient (Wildman–Crippen LogP) is 3.23. The van der Waals surface area contributed by atoms with E-state index in [0.29, 0.717) is 0 Å². The summed E-state index contributed by atoms with van der Waals surface area (Å²) in [6.07, 6.45) is -3.21. The maximum Gasteiger partial charge on any atom is 0.433 e. The van der Waals surface area contributed by atoms with Crippen molar-refractivity contribution >= 4 is 17.2 Å². The van der Waals surface area contributed by atoms with Crippen LogP contribution in [0, 0.1) is 6.92 Å². The zero-order valence-electron chi connectivity index (χ0n) is 10.8. The number of pyridine rings is 2. The molecular weight excluding hydrogens is 303 g/mol. The summed E-state index contributed by atoms with van der Waals surface area (Å²) < 4.78 is 43.4. The van der Waals surface area contributed by atoms with Gasteiger partial charge in [0.1, 0.15) is 16.4 Å². The fourth-order valence-corrected chi connectivity index (χ4v) is 1.65. The van der Waals surface area contributed by atoms with E-state index >= 15 is 0 Å². The lowest BCUT2D eigenvalue weighted by Crippen LogP contribution is -2.15. The van der Waals surface area contributed by atoms with Crippen LogP contribution >= 0.6 is 12.2 Å². The third-order valence-corrected chi connectivity index (χ3v) is 2.73. The minimum absolute atomic E-state index is 0.105. The van der Waals surface area contributed by atoms with Gasteiger partial charge in [-0.2, -0.15) is 13.2 Å². The Labute approximate surface area is 123 Å². The molecule has 0 amide bonds. The molecule has 0 fully saturated rings. The third kappa shape index (κ3) is 3.66. The highest BCUT2D eigenvalue weighted by molar-refractivity contribution is 7.80. The molecule has 0 radical (unpaired) electrons. The first kappa shape index (κ1) is 15.2. The molecular formula is C13H10F3N3OS. The number of aryl methyl sites for hydroxylation is 1. The molecule has 4 nitrogen and oxygen atoms in total. The third-order valence-electron chi connectivity index (χ3n) is 2.51. The van der Waals surface area contributed by atoms with Crippen LogP contribution in [0.15, 0.2) is 30.5 Å². The van der Waals surface area contributed by atoms with Gasteiger partial charge in [0.2, 0.25) is 5.88 Å². The maximum atomic E-state index is 12.7. The lowest BCUT2D eigenvalue weighted by atomic mass is 10.2. The van der Waals surface area contributed by atoms with Gasteiger partial charge < -0.3 is 10.5 Å². The normalized spacial score (nSPS) is 11.2. The van der Waals surface area contributed by atoms with Crippen molar-refractivity contribution in [3.05, 3.63) is 47.4 Å². The van der Waals surface area contributed by atoms with Crippen LogP contribution in [0.25, 0.3) is 0 Å². The standard InChI is InChI=1S/C13H10F3N3OS/c1-7-2-3-8(6-18-7)20-12-9(11(17)21)4-5-10(19-12)13(14,15)16/h2-6H,1H3,(H2,17,21). The molecule has 0 aliphatic heterocycles. The lowest BCUT2D eigenvalue weighted by molar-refractivity contribution is -0.141. The number of halogens is 3. The molecule has 21 heavy (non-hydrogen) atoms. The summed E-state index contributed by atoms with van der Waals surface area (Å²) in [7, 11) is 0. The number of aromatic nitrogens is 2. The van der Waals surface area contributed by atoms with Crippen LogP contribution in [-0.2, 0) is 6.18 Å². The maximum absolute atomic E-state index is 12.7. The quantitative estimate of drug-likeness (QED) is 0.882. The van der Waals surface area contributed by atoms with Crippen LogP contribution < -0.4 is 10.5 Å². The average Bonchev–Trinajstić information content (AvgIpc) is 2.40. The summed E-state index contributed by atoms with van der Waals surface area (Å²) in [6, 6.07) is 5.15. The predicted molar refractivity (Wildman–Crippen MR) is 74.2 cm³/mol. The number of alkyl halides is 3. The van der Waals surface area contributed by atoms with Crippen LogP contribution in [0.2, 0.25) is 0 Å². The molecule has 0 atom stereocenters. The minimum atomic E-state index is -4.58. The largest absolute Gasteiger partial charge is 0.437 e. The van der Waals surface area contributed by atoms with Crippen molar-refractivity contribution in [2.75, 3.05) is 0 Å². The number of nitrogens with two attached hydrogens (primary N) is 1. The van der Waals surface area contributed by atoms with E-state index in [-0.39, 0.29) is 22.2 Å². The van der Waals surface area contributed by atoms with Crippen LogP contribution in [0.5, 0.6) is 11.6 Å². The second kappa shape index (κ2) is 5.65. The van der Waals surface area contributed by atoms with Crippen molar-refractivity contribution in [2.24, 2.45) is 5.73 Å². The van der Waals surface area contributed by atoms with Crippen molar-refractivity contribution in [3.8, 4) is 11.6 Å². The SMILES string of the molecule is Cc1ccc(Oc2nc(C(F)(F)F)ccc2C(N)=S)cn1. The molecule has 0 saturated heterocycles. The minimum Gasteiger partial charge on any atom is -0.437 e. The Morgan fingerprint density at radius 1 is 1.24 bits per heavy atom. The van der Waals surface area contributed by atoms with E-state index in [0.717, 1.165) is 17.8 Å². The second-order valence-corrected chi connectivity index (χ2v) is 4.59. The van der Waals surface area contributed by atoms with Crippen LogP contribution in [0.4, 0.5) is 13.2 Å². The second-order valence-electron chi connectivity index (χ2n) is 4.15. The Hall–Kier alpha value is -2.22. The number of ether oxygens (including phenoxy) is 1. The molecule has 0 aliphatic rings. The van der Waals surface area contributed by atoms with Gasteiger partial charge >= 0.3 is 6.18 Å². The van der Waals surface area contributed by atoms with Crippen molar-refractivity contribution in [3.63, 3.8) is 0 Å². The van der Waals surface area contributed by atoms with Crippen molar-refractivity contribution in [2.45, 2.75) is 13.1 Å². The molecule has 2 rings (SSSR count). The summed E-state index contributed by atoms with van der Waals surface area (Å²) in [4.78, 5) is 7.32. The monoisotopic (exact) mass is 313 g/mol. The first-order valence-corrected chi connectivity index (χ1v) is 6.17. The van der Waals surface area contributed by atoms with Gasteiger partial charge in [-0.25, -0.2) is 4.98 Å². The van der Waals surface area contributed by atoms with Crippen LogP contribution in [0.1, 0.15) is 17.0 Å². The Balaban J connectivity index is 2.43. The number of hydrogen-bond acceptors (Lipinski definition) is 4. The highest BCUT2D eigenvalue weighted by Crippen LogP contribution is 2.31. The Morgan fingerprint density at radius 2 is 1.95 bits per heavy atom. The topological polar surface area (TPSA) is 61.0 Å². The van der Waals surface area contributed by atoms with Crippen molar-refractivity contribution < 1.29 is 17.9 Å². The van der Waals surface area contributed by atoms with Gasteiger partial charge in [-0.3, -0.25) is 4.98 Å². The number of nitrogens with zero attached hydrogens (tertiary/aromatic N) is 2. The average molecular weight is 313 g/mol. The molecule has 0 aliphatic carbocycles. The molecule has 2 N–H and O–H groups in total. The van der Waals surface area contributed by atoms with Gasteiger partial charge in [-0.1, -0.05) is 12.2 Å². The molecule has 0 spiro atoms. The van der Waals surface area contributed by atoms with Crippen LogP contribution in [0.3, 0.4) is 0 Å².